The zero-order valence-corrected chi connectivity index (χ0v) is 48.7. The van der Waals surface area contributed by atoms with Gasteiger partial charge in [-0.05, 0) is 161 Å². The summed E-state index contributed by atoms with van der Waals surface area (Å²) in [5.41, 5.74) is 21.9. The molecule has 0 amide bonds. The van der Waals surface area contributed by atoms with E-state index in [1.165, 1.54) is 50.2 Å². The Labute approximate surface area is 498 Å². The Morgan fingerprint density at radius 3 is 1.75 bits per heavy atom. The molecule has 3 nitrogen and oxygen atoms in total. The number of ether oxygens (including phenoxy) is 1. The number of allylic oxidation sites excluding steroid dienone is 11. The van der Waals surface area contributed by atoms with Crippen LogP contribution in [-0.4, -0.2) is 4.57 Å². The lowest BCUT2D eigenvalue weighted by Gasteiger charge is -2.27. The van der Waals surface area contributed by atoms with Crippen LogP contribution < -0.4 is 9.64 Å². The predicted molar refractivity (Wildman–Crippen MR) is 363 cm³/mol. The fourth-order valence-electron chi connectivity index (χ4n) is 11.0. The van der Waals surface area contributed by atoms with Gasteiger partial charge in [-0.25, -0.2) is 0 Å². The molecule has 0 radical (unpaired) electrons. The molecule has 8 aromatic carbocycles. The van der Waals surface area contributed by atoms with Gasteiger partial charge < -0.3 is 14.2 Å². The van der Waals surface area contributed by atoms with E-state index < -0.39 is 0 Å². The first-order valence-electron chi connectivity index (χ1n) is 29.3. The third-order valence-electron chi connectivity index (χ3n) is 15.7. The quantitative estimate of drug-likeness (QED) is 0.0527. The highest BCUT2D eigenvalue weighted by atomic mass is 16.5. The van der Waals surface area contributed by atoms with Crippen LogP contribution in [0, 0.1) is 0 Å². The van der Waals surface area contributed by atoms with Gasteiger partial charge in [0.15, 0.2) is 0 Å². The van der Waals surface area contributed by atoms with E-state index in [-0.39, 0.29) is 5.92 Å². The Bertz CT molecular complexity index is 3990. The molecule has 10 rings (SSSR count). The van der Waals surface area contributed by atoms with Crippen molar-refractivity contribution >= 4 is 34.4 Å². The zero-order valence-electron chi connectivity index (χ0n) is 48.7. The fraction of sp³-hybridized carbons (Fsp3) is 0.111. The standard InChI is InChI=1S/C81H74N2O/c1-7-20-62-22-18-56-82(80-55-50-75(59-76(80)33-32-62)72-42-44-73(45-43-72)79-29-17-27-74(21-8-2)81(79)84-58-9-3)61(6)31-30-60(5)64-46-51-77(52-47-64)83(57-19-28-63(10-4)67-34-36-68(37-35-67)65-23-13-11-14-24-65)78-53-48-71(49-54-78)70-40-38-69(39-41-70)66-25-15-12-16-26-66/h7-27,29,32-46,48-51,53-59,63H,4-6,28,30-31,47,52H2,1-3H3. The number of anilines is 1. The minimum Gasteiger partial charge on any atom is -0.464 e. The molecule has 1 unspecified atom stereocenters. The van der Waals surface area contributed by atoms with Crippen LogP contribution >= 0.6 is 0 Å². The number of fused-ring (bicyclic) bond motifs is 1. The van der Waals surface area contributed by atoms with Crippen LogP contribution in [0.15, 0.2) is 316 Å². The molecule has 1 aliphatic carbocycles. The topological polar surface area (TPSA) is 17.4 Å². The van der Waals surface area contributed by atoms with Crippen LogP contribution in [0.2, 0.25) is 0 Å². The second-order valence-corrected chi connectivity index (χ2v) is 21.2. The molecule has 1 atom stereocenters. The second kappa shape index (κ2) is 28.2. The summed E-state index contributed by atoms with van der Waals surface area (Å²) in [4.78, 5) is 2.36. The summed E-state index contributed by atoms with van der Waals surface area (Å²) < 4.78 is 8.40. The SMILES string of the molecule is C=CC(CC=CN(C1=CC=C(C(=C)CCC(=C)n2cccc(C=CC)ccc3cc(-c4ccc(-c5cccc(C=CC)c5OC=CC)cc4)ccc32)CC1)c1ccc(-c2ccc(-c3ccccc3)cc2)cc1)c1ccc(-c2ccccc2)cc1. The molecule has 0 fully saturated rings. The number of benzene rings is 8. The molecule has 414 valence electrons. The summed E-state index contributed by atoms with van der Waals surface area (Å²) in [6.07, 6.45) is 29.5. The number of hydrogen-bond donors (Lipinski definition) is 0. The number of hydrogen-bond acceptors (Lipinski definition) is 2. The van der Waals surface area contributed by atoms with Crippen molar-refractivity contribution in [2.24, 2.45) is 0 Å². The molecule has 0 N–H and O–H groups in total. The molecule has 3 heteroatoms. The third kappa shape index (κ3) is 14.0. The minimum absolute atomic E-state index is 0.173. The molecule has 1 aromatic heterocycles. The molecule has 0 saturated heterocycles. The molecule has 0 aliphatic heterocycles. The van der Waals surface area contributed by atoms with Crippen molar-refractivity contribution in [2.45, 2.75) is 58.8 Å². The summed E-state index contributed by atoms with van der Waals surface area (Å²) >= 11 is 0. The van der Waals surface area contributed by atoms with Gasteiger partial charge >= 0.3 is 0 Å². The first kappa shape index (κ1) is 57.3. The van der Waals surface area contributed by atoms with Gasteiger partial charge in [-0.15, -0.1) is 6.58 Å². The van der Waals surface area contributed by atoms with E-state index in [2.05, 4.69) is 303 Å². The fourth-order valence-corrected chi connectivity index (χ4v) is 11.0. The average Bonchev–Trinajstić information content (AvgIpc) is 3.54. The van der Waals surface area contributed by atoms with E-state index in [4.69, 9.17) is 11.3 Å². The number of nitrogens with zero attached hydrogens (tertiary/aromatic N) is 2. The normalized spacial score (nSPS) is 12.8. The van der Waals surface area contributed by atoms with Crippen LogP contribution in [0.4, 0.5) is 5.69 Å². The maximum atomic E-state index is 6.16. The Balaban J connectivity index is 0.878. The van der Waals surface area contributed by atoms with Gasteiger partial charge in [-0.1, -0.05) is 255 Å². The smallest absolute Gasteiger partial charge is 0.141 e. The molecular formula is C81H74N2O. The van der Waals surface area contributed by atoms with Crippen LogP contribution in [-0.2, 0) is 0 Å². The van der Waals surface area contributed by atoms with Gasteiger partial charge in [0.1, 0.15) is 5.75 Å². The van der Waals surface area contributed by atoms with E-state index in [0.717, 1.165) is 99.1 Å². The van der Waals surface area contributed by atoms with Crippen molar-refractivity contribution in [3.8, 4) is 61.4 Å². The van der Waals surface area contributed by atoms with Crippen molar-refractivity contribution in [3.63, 3.8) is 0 Å². The van der Waals surface area contributed by atoms with Crippen molar-refractivity contribution in [2.75, 3.05) is 4.90 Å². The van der Waals surface area contributed by atoms with Crippen molar-refractivity contribution in [1.82, 2.24) is 4.57 Å². The number of para-hydroxylation sites is 1. The summed E-state index contributed by atoms with van der Waals surface area (Å²) in [6, 6.07) is 78.4. The van der Waals surface area contributed by atoms with Gasteiger partial charge in [0, 0.05) is 46.5 Å². The maximum Gasteiger partial charge on any atom is 0.141 e. The average molecular weight is 1090 g/mol. The zero-order chi connectivity index (χ0) is 58.0. The molecule has 0 saturated carbocycles. The van der Waals surface area contributed by atoms with Gasteiger partial charge in [-0.2, -0.15) is 0 Å². The lowest BCUT2D eigenvalue weighted by molar-refractivity contribution is 0.481. The maximum absolute atomic E-state index is 6.16. The molecule has 0 bridgehead atoms. The summed E-state index contributed by atoms with van der Waals surface area (Å²) in [6.45, 7) is 19.7. The third-order valence-corrected chi connectivity index (χ3v) is 15.7. The van der Waals surface area contributed by atoms with Gasteiger partial charge in [0.2, 0.25) is 0 Å². The van der Waals surface area contributed by atoms with Gasteiger partial charge in [0.25, 0.3) is 0 Å². The van der Waals surface area contributed by atoms with Crippen LogP contribution in [0.1, 0.15) is 75.5 Å². The molecule has 9 aromatic rings. The largest absolute Gasteiger partial charge is 0.464 e. The minimum atomic E-state index is 0.173. The first-order chi connectivity index (χ1) is 41.3. The van der Waals surface area contributed by atoms with Crippen molar-refractivity contribution < 1.29 is 4.74 Å². The van der Waals surface area contributed by atoms with E-state index in [0.29, 0.717) is 0 Å². The molecule has 1 aliphatic rings. The predicted octanol–water partition coefficient (Wildman–Crippen LogP) is 22.9. The Morgan fingerprint density at radius 2 is 1.14 bits per heavy atom. The van der Waals surface area contributed by atoms with E-state index in [9.17, 15) is 0 Å². The van der Waals surface area contributed by atoms with Crippen molar-refractivity contribution in [1.29, 1.82) is 0 Å². The van der Waals surface area contributed by atoms with Gasteiger partial charge in [-0.3, -0.25) is 0 Å². The van der Waals surface area contributed by atoms with E-state index in [1.807, 2.05) is 26.0 Å². The molecule has 0 spiro atoms. The van der Waals surface area contributed by atoms with Gasteiger partial charge in [0.05, 0.1) is 11.8 Å². The summed E-state index contributed by atoms with van der Waals surface area (Å²) in [5, 5.41) is 1.11. The number of aromatic nitrogens is 1. The molecular weight excluding hydrogens is 1020 g/mol. The molecule has 1 heterocycles. The monoisotopic (exact) mass is 1090 g/mol. The Morgan fingerprint density at radius 1 is 0.548 bits per heavy atom. The molecule has 84 heavy (non-hydrogen) atoms. The Kier molecular flexibility index (Phi) is 19.2. The lowest BCUT2D eigenvalue weighted by atomic mass is 9.92. The van der Waals surface area contributed by atoms with Crippen LogP contribution in [0.3, 0.4) is 0 Å². The van der Waals surface area contributed by atoms with Crippen LogP contribution in [0.25, 0.3) is 84.4 Å². The summed E-state index contributed by atoms with van der Waals surface area (Å²) in [7, 11) is 0. The number of rotatable bonds is 21. The second-order valence-electron chi connectivity index (χ2n) is 21.2. The van der Waals surface area contributed by atoms with Crippen molar-refractivity contribution in [3.05, 3.63) is 333 Å². The summed E-state index contributed by atoms with van der Waals surface area (Å²) in [5.74, 6) is 1.02. The Hall–Kier alpha value is -9.96. The first-order valence-corrected chi connectivity index (χ1v) is 29.3. The highest BCUT2D eigenvalue weighted by molar-refractivity contribution is 5.87. The van der Waals surface area contributed by atoms with E-state index >= 15 is 0 Å². The van der Waals surface area contributed by atoms with Crippen LogP contribution in [0.5, 0.6) is 5.75 Å². The van der Waals surface area contributed by atoms with E-state index in [1.54, 1.807) is 6.26 Å². The highest BCUT2D eigenvalue weighted by Gasteiger charge is 2.18. The highest BCUT2D eigenvalue weighted by Crippen LogP contribution is 2.38. The lowest BCUT2D eigenvalue weighted by Crippen LogP contribution is -2.17.